The zero-order chi connectivity index (χ0) is 23.8. The fraction of sp³-hybridized carbons (Fsp3) is 0.520. The Morgan fingerprint density at radius 1 is 1.33 bits per heavy atom. The number of fused-ring (bicyclic) bond motifs is 2. The Labute approximate surface area is 192 Å². The summed E-state index contributed by atoms with van der Waals surface area (Å²) >= 11 is 0. The second kappa shape index (κ2) is 8.97. The topological polar surface area (TPSA) is 99.1 Å². The number of ketones is 1. The van der Waals surface area contributed by atoms with Crippen LogP contribution in [-0.4, -0.2) is 44.7 Å². The minimum atomic E-state index is -0.675. The number of benzene rings is 1. The van der Waals surface area contributed by atoms with Crippen molar-refractivity contribution < 1.29 is 18.7 Å². The third-order valence-corrected chi connectivity index (χ3v) is 6.50. The number of H-pyrrole nitrogens is 1. The first-order valence-corrected chi connectivity index (χ1v) is 11.4. The Morgan fingerprint density at radius 2 is 2.12 bits per heavy atom. The summed E-state index contributed by atoms with van der Waals surface area (Å²) in [6.45, 7) is 5.40. The maximum Gasteiger partial charge on any atom is 0.411 e. The number of halogens is 1. The molecule has 7 nitrogen and oxygen atoms in total. The summed E-state index contributed by atoms with van der Waals surface area (Å²) in [5.74, 6) is -1.14. The number of carbonyl (C=O) groups excluding carboxylic acids is 2. The molecular weight excluding hydrogens is 423 g/mol. The highest BCUT2D eigenvalue weighted by Gasteiger charge is 2.52. The highest BCUT2D eigenvalue weighted by atomic mass is 19.1. The summed E-state index contributed by atoms with van der Waals surface area (Å²) in [6.07, 6.45) is 5.47. The average Bonchev–Trinajstić information content (AvgIpc) is 3.50. The van der Waals surface area contributed by atoms with Crippen LogP contribution in [0, 0.1) is 29.0 Å². The Balaban J connectivity index is 1.45. The SMILES string of the molecule is CC(C)(C)OC(=O)N1[C@@H]2CC[C@@H](C2)[C@H]1C(=O)C[C@H](C#N)Cc1ccc(-c2cn[nH]c2)cc1F. The molecule has 8 heteroatoms. The van der Waals surface area contributed by atoms with Crippen molar-refractivity contribution in [2.45, 2.75) is 70.6 Å². The zero-order valence-corrected chi connectivity index (χ0v) is 19.2. The molecule has 4 rings (SSSR count). The average molecular weight is 453 g/mol. The van der Waals surface area contributed by atoms with Crippen LogP contribution in [-0.2, 0) is 16.0 Å². The van der Waals surface area contributed by atoms with Crippen LogP contribution in [0.3, 0.4) is 0 Å². The lowest BCUT2D eigenvalue weighted by molar-refractivity contribution is -0.126. The molecule has 1 saturated carbocycles. The van der Waals surface area contributed by atoms with E-state index in [2.05, 4.69) is 16.3 Å². The van der Waals surface area contributed by atoms with Crippen LogP contribution in [0.15, 0.2) is 30.6 Å². The van der Waals surface area contributed by atoms with Crippen molar-refractivity contribution in [1.29, 1.82) is 5.26 Å². The van der Waals surface area contributed by atoms with Gasteiger partial charge in [-0.25, -0.2) is 9.18 Å². The first-order chi connectivity index (χ1) is 15.7. The molecule has 0 radical (unpaired) electrons. The van der Waals surface area contributed by atoms with Gasteiger partial charge >= 0.3 is 6.09 Å². The molecule has 0 unspecified atom stereocenters. The molecule has 1 aromatic heterocycles. The summed E-state index contributed by atoms with van der Waals surface area (Å²) in [5, 5.41) is 16.3. The van der Waals surface area contributed by atoms with Gasteiger partial charge in [0.2, 0.25) is 0 Å². The lowest BCUT2D eigenvalue weighted by atomic mass is 9.87. The van der Waals surface area contributed by atoms with Gasteiger partial charge in [0.1, 0.15) is 11.4 Å². The molecule has 1 aromatic carbocycles. The number of nitrogens with zero attached hydrogens (tertiary/aromatic N) is 3. The normalized spacial score (nSPS) is 22.8. The smallest absolute Gasteiger partial charge is 0.411 e. The number of Topliss-reactive ketones (excluding diaryl/α,β-unsaturated/α-hetero) is 1. The van der Waals surface area contributed by atoms with Crippen LogP contribution in [0.2, 0.25) is 0 Å². The highest BCUT2D eigenvalue weighted by molar-refractivity contribution is 5.89. The minimum absolute atomic E-state index is 0.00671. The number of likely N-dealkylation sites (tertiary alicyclic amines) is 1. The fourth-order valence-electron chi connectivity index (χ4n) is 5.07. The van der Waals surface area contributed by atoms with E-state index in [9.17, 15) is 19.2 Å². The lowest BCUT2D eigenvalue weighted by Gasteiger charge is -2.35. The number of nitrogens with one attached hydrogen (secondary N) is 1. The van der Waals surface area contributed by atoms with Crippen molar-refractivity contribution in [3.8, 4) is 17.2 Å². The van der Waals surface area contributed by atoms with Crippen molar-refractivity contribution in [1.82, 2.24) is 15.1 Å². The molecule has 1 aliphatic carbocycles. The molecule has 33 heavy (non-hydrogen) atoms. The molecule has 4 atom stereocenters. The molecule has 2 heterocycles. The predicted octanol–water partition coefficient (Wildman–Crippen LogP) is 4.65. The molecule has 2 aromatic rings. The van der Waals surface area contributed by atoms with E-state index in [1.54, 1.807) is 50.2 Å². The van der Waals surface area contributed by atoms with Gasteiger partial charge in [-0.3, -0.25) is 14.8 Å². The van der Waals surface area contributed by atoms with Gasteiger partial charge in [0, 0.05) is 24.2 Å². The molecule has 1 N–H and O–H groups in total. The van der Waals surface area contributed by atoms with Crippen molar-refractivity contribution >= 4 is 11.9 Å². The maximum absolute atomic E-state index is 14.7. The monoisotopic (exact) mass is 452 g/mol. The first-order valence-electron chi connectivity index (χ1n) is 11.4. The van der Waals surface area contributed by atoms with E-state index in [0.29, 0.717) is 11.1 Å². The third kappa shape index (κ3) is 4.92. The second-order valence-corrected chi connectivity index (χ2v) is 10.1. The largest absolute Gasteiger partial charge is 0.444 e. The summed E-state index contributed by atoms with van der Waals surface area (Å²) in [6, 6.07) is 6.44. The molecule has 2 aliphatic rings. The van der Waals surface area contributed by atoms with E-state index >= 15 is 0 Å². The quantitative estimate of drug-likeness (QED) is 0.688. The van der Waals surface area contributed by atoms with Gasteiger partial charge in [-0.1, -0.05) is 12.1 Å². The second-order valence-electron chi connectivity index (χ2n) is 10.1. The molecule has 1 amide bonds. The number of piperidine rings is 1. The van der Waals surface area contributed by atoms with Gasteiger partial charge in [0.25, 0.3) is 0 Å². The predicted molar refractivity (Wildman–Crippen MR) is 119 cm³/mol. The summed E-state index contributed by atoms with van der Waals surface area (Å²) in [4.78, 5) is 27.7. The maximum atomic E-state index is 14.7. The molecule has 1 aliphatic heterocycles. The van der Waals surface area contributed by atoms with Crippen molar-refractivity contribution in [3.63, 3.8) is 0 Å². The molecular formula is C25H29FN4O3. The van der Waals surface area contributed by atoms with Crippen LogP contribution >= 0.6 is 0 Å². The van der Waals surface area contributed by atoms with Gasteiger partial charge in [-0.05, 0) is 69.6 Å². The molecule has 0 spiro atoms. The number of hydrogen-bond donors (Lipinski definition) is 1. The summed E-state index contributed by atoms with van der Waals surface area (Å²) < 4.78 is 20.3. The van der Waals surface area contributed by atoms with Crippen molar-refractivity contribution in [2.24, 2.45) is 11.8 Å². The van der Waals surface area contributed by atoms with Crippen LogP contribution in [0.25, 0.3) is 11.1 Å². The van der Waals surface area contributed by atoms with Crippen LogP contribution in [0.1, 0.15) is 52.0 Å². The fourth-order valence-corrected chi connectivity index (χ4v) is 5.07. The Bertz CT molecular complexity index is 1070. The van der Waals surface area contributed by atoms with Crippen LogP contribution in [0.4, 0.5) is 9.18 Å². The molecule has 1 saturated heterocycles. The van der Waals surface area contributed by atoms with Gasteiger partial charge in [0.05, 0.1) is 24.2 Å². The van der Waals surface area contributed by atoms with E-state index in [4.69, 9.17) is 4.74 Å². The Kier molecular flexibility index (Phi) is 6.24. The number of carbonyl (C=O) groups is 2. The number of amides is 1. The Hall–Kier alpha value is -3.21. The van der Waals surface area contributed by atoms with Crippen LogP contribution in [0.5, 0.6) is 0 Å². The van der Waals surface area contributed by atoms with Crippen molar-refractivity contribution in [3.05, 3.63) is 42.0 Å². The highest BCUT2D eigenvalue weighted by Crippen LogP contribution is 2.44. The third-order valence-electron chi connectivity index (χ3n) is 6.50. The Morgan fingerprint density at radius 3 is 2.76 bits per heavy atom. The van der Waals surface area contributed by atoms with E-state index < -0.39 is 29.5 Å². The zero-order valence-electron chi connectivity index (χ0n) is 19.2. The summed E-state index contributed by atoms with van der Waals surface area (Å²) in [7, 11) is 0. The van der Waals surface area contributed by atoms with Gasteiger partial charge in [-0.15, -0.1) is 0 Å². The number of rotatable bonds is 6. The number of ether oxygens (including phenoxy) is 1. The lowest BCUT2D eigenvalue weighted by Crippen LogP contribution is -2.51. The number of aromatic amines is 1. The number of aromatic nitrogens is 2. The summed E-state index contributed by atoms with van der Waals surface area (Å²) in [5.41, 5.74) is 1.19. The first kappa shape index (κ1) is 23.0. The van der Waals surface area contributed by atoms with Gasteiger partial charge in [0.15, 0.2) is 5.78 Å². The van der Waals surface area contributed by atoms with E-state index in [1.165, 1.54) is 6.07 Å². The van der Waals surface area contributed by atoms with Crippen molar-refractivity contribution in [2.75, 3.05) is 0 Å². The van der Waals surface area contributed by atoms with Gasteiger partial charge < -0.3 is 4.74 Å². The molecule has 174 valence electrons. The van der Waals surface area contributed by atoms with E-state index in [-0.39, 0.29) is 30.6 Å². The van der Waals surface area contributed by atoms with E-state index in [1.807, 2.05) is 0 Å². The van der Waals surface area contributed by atoms with Crippen LogP contribution < -0.4 is 0 Å². The van der Waals surface area contributed by atoms with E-state index in [0.717, 1.165) is 24.8 Å². The van der Waals surface area contributed by atoms with Gasteiger partial charge in [-0.2, -0.15) is 10.4 Å². The number of nitriles is 1. The number of hydrogen-bond acceptors (Lipinski definition) is 5. The minimum Gasteiger partial charge on any atom is -0.444 e. The standard InChI is InChI=1S/C25H29FN4O3/c1-25(2,3)33-24(32)30-20-7-6-18(10-20)23(30)22(31)9-15(12-27)8-17-5-4-16(11-21(17)26)19-13-28-29-14-19/h4-5,11,13-15,18,20,23H,6-10H2,1-3H3,(H,28,29)/t15-,18+,20-,23+/m1/s1. The molecule has 2 fully saturated rings. The molecule has 2 bridgehead atoms.